The summed E-state index contributed by atoms with van der Waals surface area (Å²) in [4.78, 5) is 0. The van der Waals surface area contributed by atoms with E-state index in [2.05, 4.69) is 102 Å². The maximum atomic E-state index is 5.02. The second kappa shape index (κ2) is 6.73. The fourth-order valence-corrected chi connectivity index (χ4v) is 3.81. The number of hydrogen-bond donors (Lipinski definition) is 0. The molecule has 2 heteroatoms. The Morgan fingerprint density at radius 1 is 0.667 bits per heavy atom. The minimum absolute atomic E-state index is 0.201. The lowest BCUT2D eigenvalue weighted by molar-refractivity contribution is 0.710. The molecule has 0 spiro atoms. The van der Waals surface area contributed by atoms with E-state index in [1.165, 1.54) is 21.9 Å². The summed E-state index contributed by atoms with van der Waals surface area (Å²) >= 11 is 0. The van der Waals surface area contributed by atoms with Crippen LogP contribution < -0.4 is 5.01 Å². The summed E-state index contributed by atoms with van der Waals surface area (Å²) in [7, 11) is 0. The lowest BCUT2D eigenvalue weighted by Gasteiger charge is -2.24. The lowest BCUT2D eigenvalue weighted by Crippen LogP contribution is -2.18. The van der Waals surface area contributed by atoms with Crippen molar-refractivity contribution in [1.29, 1.82) is 0 Å². The normalized spacial score (nSPS) is 16.5. The molecule has 0 bridgehead atoms. The van der Waals surface area contributed by atoms with E-state index >= 15 is 0 Å². The molecule has 1 unspecified atom stereocenters. The molecule has 4 aromatic carbocycles. The average Bonchev–Trinajstić information content (AvgIpc) is 3.20. The van der Waals surface area contributed by atoms with Gasteiger partial charge in [0.25, 0.3) is 0 Å². The summed E-state index contributed by atoms with van der Waals surface area (Å²) in [5.41, 5.74) is 4.76. The molecule has 0 saturated heterocycles. The van der Waals surface area contributed by atoms with Crippen molar-refractivity contribution in [3.8, 4) is 0 Å². The Balaban J connectivity index is 1.59. The standard InChI is InChI=1S/C25H20N2/c1-3-10-20(11-4-1)24-18-25(27(26-24)23-13-5-2-6-14-23)22-16-15-19-9-7-8-12-21(19)17-22/h1-17,25H,18H2. The minimum Gasteiger partial charge on any atom is -0.257 e. The van der Waals surface area contributed by atoms with Crippen LogP contribution in [-0.4, -0.2) is 5.71 Å². The van der Waals surface area contributed by atoms with Gasteiger partial charge < -0.3 is 0 Å². The molecule has 1 atom stereocenters. The maximum absolute atomic E-state index is 5.02. The van der Waals surface area contributed by atoms with Crippen molar-refractivity contribution in [3.63, 3.8) is 0 Å². The summed E-state index contributed by atoms with van der Waals surface area (Å²) < 4.78 is 0. The molecule has 0 saturated carbocycles. The van der Waals surface area contributed by atoms with E-state index in [1.54, 1.807) is 0 Å². The zero-order valence-corrected chi connectivity index (χ0v) is 15.0. The molecular weight excluding hydrogens is 328 g/mol. The molecule has 0 N–H and O–H groups in total. The number of nitrogens with zero attached hydrogens (tertiary/aromatic N) is 2. The number of benzene rings is 4. The Hall–Kier alpha value is -3.39. The zero-order chi connectivity index (χ0) is 18.1. The van der Waals surface area contributed by atoms with Gasteiger partial charge >= 0.3 is 0 Å². The van der Waals surface area contributed by atoms with Gasteiger partial charge in [0.2, 0.25) is 0 Å². The Labute approximate surface area is 159 Å². The van der Waals surface area contributed by atoms with Gasteiger partial charge in [-0.15, -0.1) is 0 Å². The molecule has 1 aliphatic heterocycles. The molecular formula is C25H20N2. The van der Waals surface area contributed by atoms with Crippen molar-refractivity contribution >= 4 is 22.2 Å². The average molecular weight is 348 g/mol. The van der Waals surface area contributed by atoms with Gasteiger partial charge in [0, 0.05) is 6.42 Å². The van der Waals surface area contributed by atoms with Crippen LogP contribution >= 0.6 is 0 Å². The monoisotopic (exact) mass is 348 g/mol. The zero-order valence-electron chi connectivity index (χ0n) is 15.0. The topological polar surface area (TPSA) is 15.6 Å². The van der Waals surface area contributed by atoms with Crippen molar-refractivity contribution in [2.45, 2.75) is 12.5 Å². The Bertz CT molecular complexity index is 1100. The van der Waals surface area contributed by atoms with Crippen LogP contribution in [-0.2, 0) is 0 Å². The second-order valence-electron chi connectivity index (χ2n) is 6.92. The Kier molecular flexibility index (Phi) is 3.95. The third-order valence-corrected chi connectivity index (χ3v) is 5.20. The van der Waals surface area contributed by atoms with E-state index in [0.29, 0.717) is 0 Å². The molecule has 1 aliphatic rings. The van der Waals surface area contributed by atoms with Crippen molar-refractivity contribution in [2.75, 3.05) is 5.01 Å². The molecule has 0 aliphatic carbocycles. The van der Waals surface area contributed by atoms with Crippen molar-refractivity contribution in [1.82, 2.24) is 0 Å². The minimum atomic E-state index is 0.201. The number of rotatable bonds is 3. The van der Waals surface area contributed by atoms with Gasteiger partial charge in [-0.2, -0.15) is 5.10 Å². The number of anilines is 1. The first-order valence-electron chi connectivity index (χ1n) is 9.34. The molecule has 2 nitrogen and oxygen atoms in total. The fourth-order valence-electron chi connectivity index (χ4n) is 3.81. The first kappa shape index (κ1) is 15.8. The van der Waals surface area contributed by atoms with Crippen LogP contribution in [0.25, 0.3) is 10.8 Å². The summed E-state index contributed by atoms with van der Waals surface area (Å²) in [5.74, 6) is 0. The van der Waals surface area contributed by atoms with Gasteiger partial charge in [-0.3, -0.25) is 5.01 Å². The number of fused-ring (bicyclic) bond motifs is 1. The van der Waals surface area contributed by atoms with Gasteiger partial charge in [0.05, 0.1) is 17.4 Å². The lowest BCUT2D eigenvalue weighted by atomic mass is 9.96. The first-order valence-corrected chi connectivity index (χ1v) is 9.34. The summed E-state index contributed by atoms with van der Waals surface area (Å²) in [6, 6.07) is 36.4. The molecule has 5 rings (SSSR count). The molecule has 0 fully saturated rings. The van der Waals surface area contributed by atoms with Crippen LogP contribution in [0.1, 0.15) is 23.6 Å². The second-order valence-corrected chi connectivity index (χ2v) is 6.92. The molecule has 4 aromatic rings. The molecule has 1 heterocycles. The molecule has 0 radical (unpaired) electrons. The van der Waals surface area contributed by atoms with Gasteiger partial charge in [0.1, 0.15) is 0 Å². The highest BCUT2D eigenvalue weighted by Gasteiger charge is 2.29. The molecule has 0 aromatic heterocycles. The third-order valence-electron chi connectivity index (χ3n) is 5.20. The number of hydrazone groups is 1. The Morgan fingerprint density at radius 2 is 1.33 bits per heavy atom. The van der Waals surface area contributed by atoms with Gasteiger partial charge in [-0.1, -0.05) is 84.9 Å². The quantitative estimate of drug-likeness (QED) is 0.431. The van der Waals surface area contributed by atoms with Crippen LogP contribution in [0.4, 0.5) is 5.69 Å². The molecule has 27 heavy (non-hydrogen) atoms. The van der Waals surface area contributed by atoms with E-state index < -0.39 is 0 Å². The van der Waals surface area contributed by atoms with Crippen LogP contribution in [0, 0.1) is 0 Å². The largest absolute Gasteiger partial charge is 0.257 e. The highest BCUT2D eigenvalue weighted by atomic mass is 15.5. The van der Waals surface area contributed by atoms with E-state index in [0.717, 1.165) is 17.8 Å². The number of para-hydroxylation sites is 1. The van der Waals surface area contributed by atoms with Gasteiger partial charge in [0.15, 0.2) is 0 Å². The summed E-state index contributed by atoms with van der Waals surface area (Å²) in [6.45, 7) is 0. The maximum Gasteiger partial charge on any atom is 0.0832 e. The van der Waals surface area contributed by atoms with Crippen LogP contribution in [0.15, 0.2) is 108 Å². The number of hydrogen-bond acceptors (Lipinski definition) is 2. The van der Waals surface area contributed by atoms with Crippen molar-refractivity contribution in [3.05, 3.63) is 114 Å². The predicted octanol–water partition coefficient (Wildman–Crippen LogP) is 6.20. The van der Waals surface area contributed by atoms with Crippen LogP contribution in [0.3, 0.4) is 0 Å². The summed E-state index contributed by atoms with van der Waals surface area (Å²) in [5, 5.41) is 9.74. The van der Waals surface area contributed by atoms with Gasteiger partial charge in [-0.25, -0.2) is 0 Å². The van der Waals surface area contributed by atoms with Crippen molar-refractivity contribution < 1.29 is 0 Å². The highest BCUT2D eigenvalue weighted by molar-refractivity contribution is 6.03. The SMILES string of the molecule is c1ccc(C2=NN(c3ccccc3)C(c3ccc4ccccc4c3)C2)cc1. The van der Waals surface area contributed by atoms with E-state index in [1.807, 2.05) is 6.07 Å². The van der Waals surface area contributed by atoms with E-state index in [9.17, 15) is 0 Å². The van der Waals surface area contributed by atoms with Crippen LogP contribution in [0.5, 0.6) is 0 Å². The predicted molar refractivity (Wildman–Crippen MR) is 113 cm³/mol. The smallest absolute Gasteiger partial charge is 0.0832 e. The van der Waals surface area contributed by atoms with Crippen LogP contribution in [0.2, 0.25) is 0 Å². The molecule has 0 amide bonds. The third kappa shape index (κ3) is 3.00. The van der Waals surface area contributed by atoms with E-state index in [-0.39, 0.29) is 6.04 Å². The molecule has 130 valence electrons. The van der Waals surface area contributed by atoms with E-state index in [4.69, 9.17) is 5.10 Å². The van der Waals surface area contributed by atoms with Gasteiger partial charge in [-0.05, 0) is 40.1 Å². The highest BCUT2D eigenvalue weighted by Crippen LogP contribution is 2.37. The van der Waals surface area contributed by atoms with Crippen molar-refractivity contribution in [2.24, 2.45) is 5.10 Å². The Morgan fingerprint density at radius 3 is 2.11 bits per heavy atom. The fraction of sp³-hybridized carbons (Fsp3) is 0.0800. The first-order chi connectivity index (χ1) is 13.4. The summed E-state index contributed by atoms with van der Waals surface area (Å²) in [6.07, 6.45) is 0.900.